The largest absolute Gasteiger partial charge is 0.388 e. The molecule has 0 unspecified atom stereocenters. The first-order valence-electron chi connectivity index (χ1n) is 19.0. The molecule has 1 rings (SSSR count). The van der Waals surface area contributed by atoms with Crippen molar-refractivity contribution in [3.8, 4) is 0 Å². The lowest BCUT2D eigenvalue weighted by molar-refractivity contribution is -0.254. The second kappa shape index (κ2) is 28.8. The van der Waals surface area contributed by atoms with Gasteiger partial charge in [0.25, 0.3) is 0 Å². The minimum absolute atomic E-state index is 0.103. The molecule has 5 atom stereocenters. The van der Waals surface area contributed by atoms with E-state index in [2.05, 4.69) is 23.9 Å². The van der Waals surface area contributed by atoms with E-state index in [1.807, 2.05) is 0 Å². The number of hydrogen-bond donors (Lipinski definition) is 3. The van der Waals surface area contributed by atoms with Gasteiger partial charge in [-0.1, -0.05) is 167 Å². The fourth-order valence-electron chi connectivity index (χ4n) is 6.41. The number of unbranched alkanes of at least 4 members (excludes halogenated alkanes) is 23. The average Bonchev–Trinajstić information content (AvgIpc) is 3.04. The molecule has 0 bridgehead atoms. The fraction of sp³-hybridized carbons (Fsp3) is 0.972. The number of aliphatic hydroxyl groups is 3. The molecule has 0 aliphatic carbocycles. The summed E-state index contributed by atoms with van der Waals surface area (Å²) >= 11 is 0. The first kappa shape index (κ1) is 41.6. The van der Waals surface area contributed by atoms with Crippen LogP contribution in [0.4, 0.5) is 0 Å². The van der Waals surface area contributed by atoms with E-state index in [1.54, 1.807) is 4.90 Å². The van der Waals surface area contributed by atoms with E-state index in [4.69, 9.17) is 10.3 Å². The van der Waals surface area contributed by atoms with Crippen LogP contribution in [0.25, 0.3) is 10.4 Å². The maximum atomic E-state index is 13.4. The molecule has 9 heteroatoms. The molecule has 1 fully saturated rings. The van der Waals surface area contributed by atoms with Crippen molar-refractivity contribution in [3.63, 3.8) is 0 Å². The Kier molecular flexibility index (Phi) is 26.7. The number of ether oxygens (including phenoxy) is 1. The van der Waals surface area contributed by atoms with Gasteiger partial charge in [-0.25, -0.2) is 0 Å². The Morgan fingerprint density at radius 2 is 1.02 bits per heavy atom. The summed E-state index contributed by atoms with van der Waals surface area (Å²) in [5.41, 5.74) is 8.73. The van der Waals surface area contributed by atoms with E-state index < -0.39 is 30.6 Å². The number of nitrogens with zero attached hydrogens (tertiary/aromatic N) is 4. The molecule has 1 amide bonds. The van der Waals surface area contributed by atoms with Crippen LogP contribution >= 0.6 is 0 Å². The van der Waals surface area contributed by atoms with Crippen LogP contribution in [-0.4, -0.2) is 69.9 Å². The van der Waals surface area contributed by atoms with Crippen molar-refractivity contribution in [1.29, 1.82) is 0 Å². The van der Waals surface area contributed by atoms with E-state index >= 15 is 0 Å². The predicted molar refractivity (Wildman–Crippen MR) is 184 cm³/mol. The van der Waals surface area contributed by atoms with Crippen LogP contribution in [0.1, 0.15) is 181 Å². The molecule has 0 radical (unpaired) electrons. The number of aliphatic hydroxyl groups excluding tert-OH is 3. The lowest BCUT2D eigenvalue weighted by Gasteiger charge is -2.45. The molecule has 0 aromatic heterocycles. The second-order valence-corrected chi connectivity index (χ2v) is 13.4. The summed E-state index contributed by atoms with van der Waals surface area (Å²) in [5, 5.41) is 35.2. The Bertz CT molecular complexity index is 751. The smallest absolute Gasteiger partial charge is 0.224 e. The summed E-state index contributed by atoms with van der Waals surface area (Å²) < 4.78 is 5.92. The van der Waals surface area contributed by atoms with Crippen molar-refractivity contribution < 1.29 is 24.9 Å². The van der Waals surface area contributed by atoms with Crippen molar-refractivity contribution >= 4 is 5.91 Å². The topological polar surface area (TPSA) is 139 Å². The highest BCUT2D eigenvalue weighted by atomic mass is 16.6. The first-order valence-corrected chi connectivity index (χ1v) is 19.0. The van der Waals surface area contributed by atoms with Gasteiger partial charge in [-0.3, -0.25) is 4.79 Å². The van der Waals surface area contributed by atoms with E-state index in [0.29, 0.717) is 13.0 Å². The second-order valence-electron chi connectivity index (χ2n) is 13.4. The van der Waals surface area contributed by atoms with Crippen molar-refractivity contribution in [3.05, 3.63) is 10.4 Å². The summed E-state index contributed by atoms with van der Waals surface area (Å²) in [6.45, 7) is 4.73. The Morgan fingerprint density at radius 1 is 0.622 bits per heavy atom. The predicted octanol–water partition coefficient (Wildman–Crippen LogP) is 9.12. The highest BCUT2D eigenvalue weighted by molar-refractivity contribution is 5.76. The van der Waals surface area contributed by atoms with Crippen molar-refractivity contribution in [1.82, 2.24) is 4.90 Å². The first-order chi connectivity index (χ1) is 22.0. The van der Waals surface area contributed by atoms with Crippen LogP contribution in [0.2, 0.25) is 0 Å². The molecular formula is C36H70N4O5. The number of carbonyl (C=O) groups is 1. The Hall–Kier alpha value is -1.38. The third-order valence-electron chi connectivity index (χ3n) is 9.39. The van der Waals surface area contributed by atoms with Gasteiger partial charge in [0.05, 0.1) is 12.6 Å². The molecule has 0 aromatic rings. The third kappa shape index (κ3) is 19.8. The van der Waals surface area contributed by atoms with E-state index in [1.165, 1.54) is 122 Å². The molecule has 264 valence electrons. The Morgan fingerprint density at radius 3 is 1.44 bits per heavy atom. The Labute approximate surface area is 275 Å². The minimum atomic E-state index is -1.49. The van der Waals surface area contributed by atoms with Gasteiger partial charge in [0.15, 0.2) is 6.23 Å². The van der Waals surface area contributed by atoms with Crippen molar-refractivity contribution in [2.75, 3.05) is 13.1 Å². The number of hydrogen-bond acceptors (Lipinski definition) is 6. The molecule has 0 saturated carbocycles. The fourth-order valence-corrected chi connectivity index (χ4v) is 6.41. The van der Waals surface area contributed by atoms with Crippen LogP contribution in [0.3, 0.4) is 0 Å². The summed E-state index contributed by atoms with van der Waals surface area (Å²) in [6.07, 6.45) is 24.7. The van der Waals surface area contributed by atoms with Gasteiger partial charge in [0.1, 0.15) is 18.3 Å². The van der Waals surface area contributed by atoms with Gasteiger partial charge in [0, 0.05) is 17.9 Å². The van der Waals surface area contributed by atoms with Crippen LogP contribution in [0, 0.1) is 0 Å². The van der Waals surface area contributed by atoms with E-state index in [9.17, 15) is 20.1 Å². The number of carbonyl (C=O) groups excluding carboxylic acids is 1. The molecule has 1 aliphatic heterocycles. The SMILES string of the molecule is CCCCCCCCCCCCCCCCCCN(C(=O)CCCCCCCCCCC)[C@@H]1O[C@H](CN=[N+]=[N-])[C@@H](O)[C@H](O)[C@H]1O. The maximum Gasteiger partial charge on any atom is 0.224 e. The summed E-state index contributed by atoms with van der Waals surface area (Å²) in [6, 6.07) is 0. The lowest BCUT2D eigenvalue weighted by Crippen LogP contribution is -2.64. The molecule has 1 heterocycles. The van der Waals surface area contributed by atoms with Crippen molar-refractivity contribution in [2.45, 2.75) is 211 Å². The molecule has 9 nitrogen and oxygen atoms in total. The maximum absolute atomic E-state index is 13.4. The van der Waals surface area contributed by atoms with Gasteiger partial charge >= 0.3 is 0 Å². The molecule has 45 heavy (non-hydrogen) atoms. The standard InChI is InChI=1S/C36H70N4O5/c1-3-5-7-9-11-13-14-15-16-17-18-19-21-23-25-27-29-40(32(41)28-26-24-22-20-12-10-8-6-4-2)36-35(44)34(43)33(42)31(45-36)30-38-39-37/h31,33-36,42-44H,3-30H2,1-2H3/t31-,33-,34+,35-,36-/m1/s1. The van der Waals surface area contributed by atoms with Crippen LogP contribution in [0.5, 0.6) is 0 Å². The normalized spacial score (nSPS) is 21.5. The van der Waals surface area contributed by atoms with Gasteiger partial charge < -0.3 is 25.0 Å². The summed E-state index contributed by atoms with van der Waals surface area (Å²) in [4.78, 5) is 17.7. The lowest BCUT2D eigenvalue weighted by atomic mass is 9.97. The molecule has 3 N–H and O–H groups in total. The molecule has 0 spiro atoms. The van der Waals surface area contributed by atoms with Crippen LogP contribution in [0.15, 0.2) is 5.11 Å². The molecule has 1 saturated heterocycles. The number of azide groups is 1. The van der Waals surface area contributed by atoms with Gasteiger partial charge in [-0.2, -0.15) is 0 Å². The highest BCUT2D eigenvalue weighted by Gasteiger charge is 2.46. The van der Waals surface area contributed by atoms with Crippen LogP contribution < -0.4 is 0 Å². The van der Waals surface area contributed by atoms with E-state index in [0.717, 1.165) is 38.5 Å². The van der Waals surface area contributed by atoms with Crippen molar-refractivity contribution in [2.24, 2.45) is 5.11 Å². The zero-order chi connectivity index (χ0) is 33.0. The third-order valence-corrected chi connectivity index (χ3v) is 9.39. The zero-order valence-electron chi connectivity index (χ0n) is 29.1. The molecule has 1 aliphatic rings. The number of rotatable bonds is 30. The van der Waals surface area contributed by atoms with Gasteiger partial charge in [-0.05, 0) is 18.4 Å². The average molecular weight is 639 g/mol. The van der Waals surface area contributed by atoms with Gasteiger partial charge in [-0.15, -0.1) is 0 Å². The Balaban J connectivity index is 2.43. The summed E-state index contributed by atoms with van der Waals surface area (Å²) in [7, 11) is 0. The molecule has 0 aromatic carbocycles. The quantitative estimate of drug-likeness (QED) is 0.0312. The summed E-state index contributed by atoms with van der Waals surface area (Å²) in [5.74, 6) is -0.103. The monoisotopic (exact) mass is 639 g/mol. The van der Waals surface area contributed by atoms with Crippen LogP contribution in [-0.2, 0) is 9.53 Å². The molecular weight excluding hydrogens is 568 g/mol. The van der Waals surface area contributed by atoms with E-state index in [-0.39, 0.29) is 12.5 Å². The number of amides is 1. The van der Waals surface area contributed by atoms with Gasteiger partial charge in [0.2, 0.25) is 5.91 Å². The highest BCUT2D eigenvalue weighted by Crippen LogP contribution is 2.26. The minimum Gasteiger partial charge on any atom is -0.388 e. The zero-order valence-corrected chi connectivity index (χ0v) is 29.1.